The van der Waals surface area contributed by atoms with Crippen LogP contribution in [-0.4, -0.2) is 45.2 Å². The number of fused-ring (bicyclic) bond motifs is 1. The van der Waals surface area contributed by atoms with E-state index in [2.05, 4.69) is 15.1 Å². The second kappa shape index (κ2) is 6.66. The smallest absolute Gasteiger partial charge is 0.328 e. The van der Waals surface area contributed by atoms with Gasteiger partial charge in [0.05, 0.1) is 12.3 Å². The Kier molecular flexibility index (Phi) is 4.41. The third-order valence-corrected chi connectivity index (χ3v) is 3.87. The molecule has 0 aliphatic heterocycles. The molecule has 0 saturated heterocycles. The number of esters is 1. The fourth-order valence-electron chi connectivity index (χ4n) is 2.42. The summed E-state index contributed by atoms with van der Waals surface area (Å²) in [7, 11) is 1.83. The maximum atomic E-state index is 12.1. The van der Waals surface area contributed by atoms with Crippen LogP contribution in [0.4, 0.5) is 5.82 Å². The minimum absolute atomic E-state index is 0.286. The summed E-state index contributed by atoms with van der Waals surface area (Å²) >= 11 is 0. The zero-order valence-corrected chi connectivity index (χ0v) is 13.9. The summed E-state index contributed by atoms with van der Waals surface area (Å²) in [6.45, 7) is 3.94. The standard InChI is InChI=1S/C17H19N5O2/c1-4-24-16(23)12(2)21(3)15-10-14(13-8-6-5-7-9-13)20-17-18-11-19-22(15)17/h5-12H,4H2,1-3H3/t12-/m1/s1. The van der Waals surface area contributed by atoms with Gasteiger partial charge in [-0.25, -0.2) is 9.78 Å². The lowest BCUT2D eigenvalue weighted by Gasteiger charge is -2.25. The summed E-state index contributed by atoms with van der Waals surface area (Å²) < 4.78 is 6.73. The Bertz CT molecular complexity index is 847. The maximum absolute atomic E-state index is 12.1. The molecule has 3 rings (SSSR count). The number of carbonyl (C=O) groups excluding carboxylic acids is 1. The van der Waals surface area contributed by atoms with Crippen LogP contribution in [0, 0.1) is 0 Å². The molecule has 7 heteroatoms. The molecular weight excluding hydrogens is 306 g/mol. The summed E-state index contributed by atoms with van der Waals surface area (Å²) in [5, 5.41) is 4.21. The molecule has 2 heterocycles. The van der Waals surface area contributed by atoms with Crippen molar-refractivity contribution in [3.63, 3.8) is 0 Å². The maximum Gasteiger partial charge on any atom is 0.328 e. The van der Waals surface area contributed by atoms with E-state index >= 15 is 0 Å². The van der Waals surface area contributed by atoms with E-state index in [4.69, 9.17) is 4.74 Å². The first kappa shape index (κ1) is 15.9. The average Bonchev–Trinajstić information content (AvgIpc) is 3.09. The third kappa shape index (κ3) is 2.92. The molecule has 2 aromatic heterocycles. The lowest BCUT2D eigenvalue weighted by atomic mass is 10.1. The first-order valence-electron chi connectivity index (χ1n) is 7.77. The van der Waals surface area contributed by atoms with E-state index in [0.29, 0.717) is 12.4 Å². The molecule has 0 saturated carbocycles. The van der Waals surface area contributed by atoms with Gasteiger partial charge in [-0.15, -0.1) is 0 Å². The number of ether oxygens (including phenoxy) is 1. The van der Waals surface area contributed by atoms with Gasteiger partial charge >= 0.3 is 5.97 Å². The van der Waals surface area contributed by atoms with Gasteiger partial charge in [-0.3, -0.25) is 0 Å². The number of benzene rings is 1. The largest absolute Gasteiger partial charge is 0.464 e. The molecule has 0 bridgehead atoms. The molecule has 3 aromatic rings. The molecule has 0 aliphatic carbocycles. The normalized spacial score (nSPS) is 12.1. The number of rotatable bonds is 5. The van der Waals surface area contributed by atoms with E-state index in [0.717, 1.165) is 17.1 Å². The van der Waals surface area contributed by atoms with Gasteiger partial charge in [0.1, 0.15) is 18.2 Å². The molecule has 7 nitrogen and oxygen atoms in total. The van der Waals surface area contributed by atoms with Gasteiger partial charge in [0.25, 0.3) is 5.78 Å². The van der Waals surface area contributed by atoms with Gasteiger partial charge in [-0.2, -0.15) is 14.6 Å². The van der Waals surface area contributed by atoms with Crippen LogP contribution < -0.4 is 4.90 Å². The fraction of sp³-hybridized carbons (Fsp3) is 0.294. The van der Waals surface area contributed by atoms with Crippen molar-refractivity contribution in [2.75, 3.05) is 18.6 Å². The fourth-order valence-corrected chi connectivity index (χ4v) is 2.42. The average molecular weight is 325 g/mol. The van der Waals surface area contributed by atoms with E-state index in [-0.39, 0.29) is 5.97 Å². The number of hydrogen-bond acceptors (Lipinski definition) is 6. The minimum atomic E-state index is -0.455. The number of aromatic nitrogens is 4. The zero-order chi connectivity index (χ0) is 17.1. The molecular formula is C17H19N5O2. The second-order valence-electron chi connectivity index (χ2n) is 5.38. The van der Waals surface area contributed by atoms with E-state index in [9.17, 15) is 4.79 Å². The van der Waals surface area contributed by atoms with Crippen molar-refractivity contribution in [2.24, 2.45) is 0 Å². The van der Waals surface area contributed by atoms with Crippen LogP contribution in [0.25, 0.3) is 17.0 Å². The number of anilines is 1. The summed E-state index contributed by atoms with van der Waals surface area (Å²) in [6.07, 6.45) is 1.45. The molecule has 0 N–H and O–H groups in total. The topological polar surface area (TPSA) is 72.6 Å². The highest BCUT2D eigenvalue weighted by Gasteiger charge is 2.23. The summed E-state index contributed by atoms with van der Waals surface area (Å²) in [5.74, 6) is 0.914. The Morgan fingerprint density at radius 2 is 2.08 bits per heavy atom. The highest BCUT2D eigenvalue weighted by atomic mass is 16.5. The first-order valence-corrected chi connectivity index (χ1v) is 7.77. The molecule has 1 atom stereocenters. The predicted octanol–water partition coefficient (Wildman–Crippen LogP) is 2.18. The molecule has 1 aromatic carbocycles. The molecule has 0 unspecified atom stereocenters. The van der Waals surface area contributed by atoms with Gasteiger partial charge < -0.3 is 9.64 Å². The zero-order valence-electron chi connectivity index (χ0n) is 13.9. The second-order valence-corrected chi connectivity index (χ2v) is 5.38. The quantitative estimate of drug-likeness (QED) is 0.670. The Morgan fingerprint density at radius 3 is 2.79 bits per heavy atom. The number of nitrogens with zero attached hydrogens (tertiary/aromatic N) is 5. The monoisotopic (exact) mass is 325 g/mol. The van der Waals surface area contributed by atoms with Gasteiger partial charge in [0.15, 0.2) is 0 Å². The number of likely N-dealkylation sites (N-methyl/N-ethyl adjacent to an activating group) is 1. The van der Waals surface area contributed by atoms with Crippen LogP contribution in [0.5, 0.6) is 0 Å². The van der Waals surface area contributed by atoms with Gasteiger partial charge in [-0.1, -0.05) is 30.3 Å². The SMILES string of the molecule is CCOC(=O)[C@@H](C)N(C)c1cc(-c2ccccc2)nc2ncnn12. The molecule has 0 amide bonds. The summed E-state index contributed by atoms with van der Waals surface area (Å²) in [6, 6.07) is 11.3. The van der Waals surface area contributed by atoms with Gasteiger partial charge in [-0.05, 0) is 13.8 Å². The Hall–Kier alpha value is -2.96. The van der Waals surface area contributed by atoms with Crippen LogP contribution in [0.1, 0.15) is 13.8 Å². The van der Waals surface area contributed by atoms with Gasteiger partial charge in [0.2, 0.25) is 0 Å². The van der Waals surface area contributed by atoms with Crippen molar-refractivity contribution in [2.45, 2.75) is 19.9 Å². The summed E-state index contributed by atoms with van der Waals surface area (Å²) in [5.41, 5.74) is 1.75. The lowest BCUT2D eigenvalue weighted by Crippen LogP contribution is -2.38. The van der Waals surface area contributed by atoms with E-state index in [1.165, 1.54) is 6.33 Å². The van der Waals surface area contributed by atoms with Crippen LogP contribution in [-0.2, 0) is 9.53 Å². The number of carbonyl (C=O) groups is 1. The van der Waals surface area contributed by atoms with Crippen LogP contribution in [0.2, 0.25) is 0 Å². The highest BCUT2D eigenvalue weighted by molar-refractivity contribution is 5.79. The van der Waals surface area contributed by atoms with E-state index in [1.54, 1.807) is 18.4 Å². The number of hydrogen-bond donors (Lipinski definition) is 0. The van der Waals surface area contributed by atoms with Crippen molar-refractivity contribution >= 4 is 17.6 Å². The van der Waals surface area contributed by atoms with Gasteiger partial charge in [0, 0.05) is 18.7 Å². The van der Waals surface area contributed by atoms with Crippen LogP contribution in [0.15, 0.2) is 42.7 Å². The van der Waals surface area contributed by atoms with E-state index in [1.807, 2.05) is 48.3 Å². The molecule has 0 spiro atoms. The molecule has 0 radical (unpaired) electrons. The van der Waals surface area contributed by atoms with Crippen molar-refractivity contribution < 1.29 is 9.53 Å². The van der Waals surface area contributed by atoms with E-state index < -0.39 is 6.04 Å². The molecule has 124 valence electrons. The Balaban J connectivity index is 2.06. The predicted molar refractivity (Wildman–Crippen MR) is 90.7 cm³/mol. The highest BCUT2D eigenvalue weighted by Crippen LogP contribution is 2.24. The molecule has 0 fully saturated rings. The Morgan fingerprint density at radius 1 is 1.33 bits per heavy atom. The lowest BCUT2D eigenvalue weighted by molar-refractivity contribution is -0.144. The van der Waals surface area contributed by atoms with Crippen molar-refractivity contribution in [3.8, 4) is 11.3 Å². The van der Waals surface area contributed by atoms with Crippen molar-refractivity contribution in [1.82, 2.24) is 19.6 Å². The Labute approximate surface area is 139 Å². The molecule has 0 aliphatic rings. The first-order chi connectivity index (χ1) is 11.6. The minimum Gasteiger partial charge on any atom is -0.464 e. The molecule has 24 heavy (non-hydrogen) atoms. The van der Waals surface area contributed by atoms with Crippen LogP contribution >= 0.6 is 0 Å². The summed E-state index contributed by atoms with van der Waals surface area (Å²) in [4.78, 5) is 22.6. The van der Waals surface area contributed by atoms with Crippen LogP contribution in [0.3, 0.4) is 0 Å². The van der Waals surface area contributed by atoms with Crippen molar-refractivity contribution in [3.05, 3.63) is 42.7 Å². The third-order valence-electron chi connectivity index (χ3n) is 3.87. The van der Waals surface area contributed by atoms with Crippen molar-refractivity contribution in [1.29, 1.82) is 0 Å².